The van der Waals surface area contributed by atoms with Gasteiger partial charge in [-0.15, -0.1) is 0 Å². The molecule has 0 radical (unpaired) electrons. The molecule has 0 saturated carbocycles. The predicted octanol–water partition coefficient (Wildman–Crippen LogP) is -1.18. The van der Waals surface area contributed by atoms with Gasteiger partial charge in [-0.1, -0.05) is 6.58 Å². The van der Waals surface area contributed by atoms with Crippen LogP contribution in [0.25, 0.3) is 0 Å². The lowest BCUT2D eigenvalue weighted by Crippen LogP contribution is -2.36. The summed E-state index contributed by atoms with van der Waals surface area (Å²) < 4.78 is 4.62. The number of hydrogen-bond donors (Lipinski definition) is 3. The number of ether oxygens (including phenoxy) is 1. The van der Waals surface area contributed by atoms with Crippen molar-refractivity contribution in [3.63, 3.8) is 0 Å². The van der Waals surface area contributed by atoms with Gasteiger partial charge in [0.25, 0.3) is 0 Å². The van der Waals surface area contributed by atoms with Crippen LogP contribution in [-0.4, -0.2) is 46.7 Å². The molecule has 0 aliphatic heterocycles. The third-order valence-corrected chi connectivity index (χ3v) is 1.40. The number of carbonyl (C=O) groups excluding carboxylic acids is 1. The number of carbonyl (C=O) groups is 1. The van der Waals surface area contributed by atoms with Crippen LogP contribution in [0.2, 0.25) is 0 Å². The maximum Gasteiger partial charge on any atom is 0.333 e. The topological polar surface area (TPSA) is 87.0 Å². The summed E-state index contributed by atoms with van der Waals surface area (Å²) >= 11 is 0. The van der Waals surface area contributed by atoms with Crippen molar-refractivity contribution in [1.82, 2.24) is 0 Å². The summed E-state index contributed by atoms with van der Waals surface area (Å²) in [5.41, 5.74) is 0.170. The van der Waals surface area contributed by atoms with Crippen LogP contribution < -0.4 is 0 Å². The Balaban J connectivity index is 4.12. The van der Waals surface area contributed by atoms with Crippen molar-refractivity contribution in [1.29, 1.82) is 0 Å². The first-order valence-electron chi connectivity index (χ1n) is 3.79. The molecule has 13 heavy (non-hydrogen) atoms. The van der Waals surface area contributed by atoms with E-state index in [9.17, 15) is 4.79 Å². The van der Waals surface area contributed by atoms with Crippen molar-refractivity contribution in [2.45, 2.75) is 19.1 Å². The van der Waals surface area contributed by atoms with Crippen LogP contribution in [0, 0.1) is 0 Å². The van der Waals surface area contributed by atoms with Gasteiger partial charge in [-0.05, 0) is 6.92 Å². The molecule has 5 heteroatoms. The molecule has 5 nitrogen and oxygen atoms in total. The summed E-state index contributed by atoms with van der Waals surface area (Å²) in [6, 6.07) is 0. The summed E-state index contributed by atoms with van der Waals surface area (Å²) in [7, 11) is 0. The highest BCUT2D eigenvalue weighted by atomic mass is 16.6. The smallest absolute Gasteiger partial charge is 0.333 e. The number of aliphatic hydroxyl groups excluding tert-OH is 3. The quantitative estimate of drug-likeness (QED) is 0.375. The molecule has 0 rings (SSSR count). The fraction of sp³-hybridized carbons (Fsp3) is 0.625. The van der Waals surface area contributed by atoms with Gasteiger partial charge < -0.3 is 20.1 Å². The Morgan fingerprint density at radius 2 is 2.00 bits per heavy atom. The highest BCUT2D eigenvalue weighted by Crippen LogP contribution is 2.02. The van der Waals surface area contributed by atoms with Gasteiger partial charge in [-0.3, -0.25) is 0 Å². The standard InChI is InChI=1S/C8H14O5/c1-5(2)8(12)13-7(4-10)6(11)3-9/h6-7,9-11H,1,3-4H2,2H3. The Morgan fingerprint density at radius 3 is 2.31 bits per heavy atom. The van der Waals surface area contributed by atoms with E-state index in [1.807, 2.05) is 0 Å². The fourth-order valence-corrected chi connectivity index (χ4v) is 0.593. The minimum absolute atomic E-state index is 0.170. The van der Waals surface area contributed by atoms with Gasteiger partial charge in [0.15, 0.2) is 6.10 Å². The normalized spacial score (nSPS) is 14.8. The third-order valence-electron chi connectivity index (χ3n) is 1.40. The van der Waals surface area contributed by atoms with E-state index in [4.69, 9.17) is 15.3 Å². The van der Waals surface area contributed by atoms with Crippen LogP contribution in [0.1, 0.15) is 6.92 Å². The van der Waals surface area contributed by atoms with E-state index < -0.39 is 31.4 Å². The Labute approximate surface area is 76.3 Å². The third kappa shape index (κ3) is 4.02. The molecule has 2 unspecified atom stereocenters. The van der Waals surface area contributed by atoms with Crippen LogP contribution in [0.15, 0.2) is 12.2 Å². The number of aliphatic hydroxyl groups is 3. The summed E-state index contributed by atoms with van der Waals surface area (Å²) in [6.45, 7) is 3.66. The number of rotatable bonds is 5. The average Bonchev–Trinajstić information content (AvgIpc) is 2.12. The molecule has 0 aromatic carbocycles. The monoisotopic (exact) mass is 190 g/mol. The van der Waals surface area contributed by atoms with E-state index in [0.29, 0.717) is 0 Å². The van der Waals surface area contributed by atoms with Crippen molar-refractivity contribution in [2.24, 2.45) is 0 Å². The highest BCUT2D eigenvalue weighted by Gasteiger charge is 2.21. The maximum absolute atomic E-state index is 10.9. The van der Waals surface area contributed by atoms with Gasteiger partial charge in [-0.2, -0.15) is 0 Å². The molecule has 0 fully saturated rings. The number of esters is 1. The van der Waals surface area contributed by atoms with Crippen LogP contribution in [0.3, 0.4) is 0 Å². The molecule has 0 saturated heterocycles. The summed E-state index contributed by atoms with van der Waals surface area (Å²) in [6.07, 6.45) is -2.37. The van der Waals surface area contributed by atoms with E-state index in [1.165, 1.54) is 6.92 Å². The summed E-state index contributed by atoms with van der Waals surface area (Å²) in [5, 5.41) is 26.2. The minimum atomic E-state index is -1.27. The van der Waals surface area contributed by atoms with Gasteiger partial charge >= 0.3 is 5.97 Å². The molecule has 0 spiro atoms. The fourth-order valence-electron chi connectivity index (χ4n) is 0.593. The molecule has 3 N–H and O–H groups in total. The predicted molar refractivity (Wildman–Crippen MR) is 44.9 cm³/mol. The van der Waals surface area contributed by atoms with Gasteiger partial charge in [0.2, 0.25) is 0 Å². The van der Waals surface area contributed by atoms with Crippen LogP contribution in [-0.2, 0) is 9.53 Å². The van der Waals surface area contributed by atoms with Crippen molar-refractivity contribution >= 4 is 5.97 Å². The zero-order valence-electron chi connectivity index (χ0n) is 7.43. The SMILES string of the molecule is C=C(C)C(=O)OC(CO)C(O)CO. The molecule has 0 aliphatic rings. The lowest BCUT2D eigenvalue weighted by atomic mass is 10.2. The van der Waals surface area contributed by atoms with Gasteiger partial charge in [0, 0.05) is 5.57 Å². The van der Waals surface area contributed by atoms with Crippen molar-refractivity contribution in [3.05, 3.63) is 12.2 Å². The van der Waals surface area contributed by atoms with Crippen molar-refractivity contribution < 1.29 is 24.9 Å². The molecule has 0 aromatic rings. The average molecular weight is 190 g/mol. The van der Waals surface area contributed by atoms with Gasteiger partial charge in [0.1, 0.15) is 6.10 Å². The molecule has 0 heterocycles. The first kappa shape index (κ1) is 12.1. The van der Waals surface area contributed by atoms with E-state index in [2.05, 4.69) is 11.3 Å². The van der Waals surface area contributed by atoms with Gasteiger partial charge in [0.05, 0.1) is 13.2 Å². The Morgan fingerprint density at radius 1 is 1.46 bits per heavy atom. The Bertz CT molecular complexity index is 189. The Kier molecular flexibility index (Phi) is 5.29. The van der Waals surface area contributed by atoms with Crippen molar-refractivity contribution in [3.8, 4) is 0 Å². The second-order valence-corrected chi connectivity index (χ2v) is 2.66. The second-order valence-electron chi connectivity index (χ2n) is 2.66. The number of hydrogen-bond acceptors (Lipinski definition) is 5. The molecule has 2 atom stereocenters. The van der Waals surface area contributed by atoms with Gasteiger partial charge in [-0.25, -0.2) is 4.79 Å². The molecule has 0 aromatic heterocycles. The zero-order valence-corrected chi connectivity index (χ0v) is 7.43. The summed E-state index contributed by atoms with van der Waals surface area (Å²) in [5.74, 6) is -0.702. The lowest BCUT2D eigenvalue weighted by molar-refractivity contribution is -0.155. The molecular formula is C8H14O5. The molecule has 0 aliphatic carbocycles. The minimum Gasteiger partial charge on any atom is -0.454 e. The van der Waals surface area contributed by atoms with Crippen LogP contribution in [0.4, 0.5) is 0 Å². The van der Waals surface area contributed by atoms with E-state index in [1.54, 1.807) is 0 Å². The largest absolute Gasteiger partial charge is 0.454 e. The van der Waals surface area contributed by atoms with Crippen LogP contribution >= 0.6 is 0 Å². The first-order valence-corrected chi connectivity index (χ1v) is 3.79. The maximum atomic E-state index is 10.9. The molecule has 0 bridgehead atoms. The van der Waals surface area contributed by atoms with Crippen molar-refractivity contribution in [2.75, 3.05) is 13.2 Å². The van der Waals surface area contributed by atoms with E-state index >= 15 is 0 Å². The lowest BCUT2D eigenvalue weighted by Gasteiger charge is -2.19. The molecule has 0 amide bonds. The highest BCUT2D eigenvalue weighted by molar-refractivity contribution is 5.87. The molecule has 76 valence electrons. The van der Waals surface area contributed by atoms with Crippen LogP contribution in [0.5, 0.6) is 0 Å². The van der Waals surface area contributed by atoms with E-state index in [0.717, 1.165) is 0 Å². The second kappa shape index (κ2) is 5.69. The first-order chi connectivity index (χ1) is 6.02. The van der Waals surface area contributed by atoms with E-state index in [-0.39, 0.29) is 5.57 Å². The summed E-state index contributed by atoms with van der Waals surface area (Å²) in [4.78, 5) is 10.9. The zero-order chi connectivity index (χ0) is 10.4. The Hall–Kier alpha value is -0.910. The molecular weight excluding hydrogens is 176 g/mol.